The zero-order valence-corrected chi connectivity index (χ0v) is 20.5. The van der Waals surface area contributed by atoms with E-state index in [0.717, 1.165) is 11.3 Å². The highest BCUT2D eigenvalue weighted by molar-refractivity contribution is 7.90. The highest BCUT2D eigenvalue weighted by Gasteiger charge is 2.47. The summed E-state index contributed by atoms with van der Waals surface area (Å²) < 4.78 is 53.4. The Morgan fingerprint density at radius 1 is 1.30 bits per heavy atom. The number of ether oxygens (including phenoxy) is 2. The molecule has 33 heavy (non-hydrogen) atoms. The number of hydrogen-bond acceptors (Lipinski definition) is 9. The maximum atomic E-state index is 14.9. The van der Waals surface area contributed by atoms with Gasteiger partial charge in [0, 0.05) is 18.2 Å². The number of fused-ring (bicyclic) bond motifs is 1. The highest BCUT2D eigenvalue weighted by Crippen LogP contribution is 2.39. The monoisotopic (exact) mass is 496 g/mol. The number of halogens is 1. The van der Waals surface area contributed by atoms with Crippen molar-refractivity contribution in [3.63, 3.8) is 0 Å². The number of aryl methyl sites for hydroxylation is 1. The molecule has 0 radical (unpaired) electrons. The number of sulfonamides is 1. The molecule has 1 aromatic carbocycles. The standard InChI is InChI=1S/C21H25FN4O5S2/c1-13(2)31-7-6-26(12-27)33(28,29)21(4,30-5)20-24-18-9-16(17(22)10-19(18)32-20)15-8-14(3)25-23-11-15/h8-13H,6-7H2,1-5H3. The lowest BCUT2D eigenvalue weighted by Crippen LogP contribution is -2.46. The molecule has 2 aromatic heterocycles. The molecule has 1 unspecified atom stereocenters. The van der Waals surface area contributed by atoms with E-state index in [1.807, 2.05) is 0 Å². The fraction of sp³-hybridized carbons (Fsp3) is 0.429. The number of rotatable bonds is 10. The molecule has 3 aromatic rings. The third-order valence-electron chi connectivity index (χ3n) is 5.02. The van der Waals surface area contributed by atoms with Crippen LogP contribution in [-0.2, 0) is 29.2 Å². The van der Waals surface area contributed by atoms with Gasteiger partial charge in [-0.1, -0.05) is 0 Å². The number of benzene rings is 1. The van der Waals surface area contributed by atoms with Crippen LogP contribution in [0.15, 0.2) is 24.4 Å². The van der Waals surface area contributed by atoms with Gasteiger partial charge in [0.1, 0.15) is 10.8 Å². The van der Waals surface area contributed by atoms with Crippen molar-refractivity contribution in [3.8, 4) is 11.1 Å². The SMILES string of the molecule is COC(C)(c1nc2cc(-c3cnnc(C)c3)c(F)cc2s1)S(=O)(=O)N(C=O)CCOC(C)C. The molecule has 0 N–H and O–H groups in total. The summed E-state index contributed by atoms with van der Waals surface area (Å²) in [6.07, 6.45) is 1.54. The predicted octanol–water partition coefficient (Wildman–Crippen LogP) is 3.23. The van der Waals surface area contributed by atoms with Crippen molar-refractivity contribution < 1.29 is 27.1 Å². The Hall–Kier alpha value is -2.54. The van der Waals surface area contributed by atoms with Crippen molar-refractivity contribution in [2.45, 2.75) is 38.7 Å². The van der Waals surface area contributed by atoms with Crippen LogP contribution in [0.5, 0.6) is 0 Å². The minimum atomic E-state index is -4.34. The quantitative estimate of drug-likeness (QED) is 0.393. The van der Waals surface area contributed by atoms with Gasteiger partial charge in [-0.05, 0) is 45.9 Å². The Kier molecular flexibility index (Phi) is 7.42. The molecule has 0 bridgehead atoms. The molecule has 0 saturated carbocycles. The minimum Gasteiger partial charge on any atom is -0.377 e. The molecule has 1 amide bonds. The number of carbonyl (C=O) groups is 1. The van der Waals surface area contributed by atoms with Crippen molar-refractivity contribution in [1.29, 1.82) is 0 Å². The van der Waals surface area contributed by atoms with Gasteiger partial charge < -0.3 is 9.47 Å². The summed E-state index contributed by atoms with van der Waals surface area (Å²) >= 11 is 0.976. The first-order valence-corrected chi connectivity index (χ1v) is 12.3. The molecule has 0 aliphatic carbocycles. The molecule has 1 atom stereocenters. The Labute approximate surface area is 195 Å². The van der Waals surface area contributed by atoms with E-state index in [1.54, 1.807) is 26.8 Å². The van der Waals surface area contributed by atoms with Crippen LogP contribution in [0.1, 0.15) is 31.5 Å². The van der Waals surface area contributed by atoms with Gasteiger partial charge >= 0.3 is 0 Å². The molecular formula is C21H25FN4O5S2. The van der Waals surface area contributed by atoms with E-state index in [9.17, 15) is 17.6 Å². The van der Waals surface area contributed by atoms with Gasteiger partial charge in [-0.15, -0.1) is 11.3 Å². The molecule has 0 fully saturated rings. The van der Waals surface area contributed by atoms with Gasteiger partial charge in [-0.25, -0.2) is 22.1 Å². The summed E-state index contributed by atoms with van der Waals surface area (Å²) in [4.78, 5) is 14.1. The fourth-order valence-corrected chi connectivity index (χ4v) is 5.91. The summed E-state index contributed by atoms with van der Waals surface area (Å²) in [5.74, 6) is -0.507. The van der Waals surface area contributed by atoms with Crippen LogP contribution in [0.25, 0.3) is 21.3 Å². The second-order valence-corrected chi connectivity index (χ2v) is 10.9. The van der Waals surface area contributed by atoms with Gasteiger partial charge in [0.2, 0.25) is 11.3 Å². The average Bonchev–Trinajstić information content (AvgIpc) is 3.18. The predicted molar refractivity (Wildman–Crippen MR) is 122 cm³/mol. The second-order valence-electron chi connectivity index (χ2n) is 7.69. The lowest BCUT2D eigenvalue weighted by molar-refractivity contribution is -0.115. The number of amides is 1. The van der Waals surface area contributed by atoms with E-state index in [2.05, 4.69) is 15.2 Å². The normalized spacial score (nSPS) is 13.9. The molecule has 0 saturated heterocycles. The average molecular weight is 497 g/mol. The van der Waals surface area contributed by atoms with Gasteiger partial charge in [-0.3, -0.25) is 4.79 Å². The zero-order valence-electron chi connectivity index (χ0n) is 18.9. The van der Waals surface area contributed by atoms with Crippen LogP contribution in [0.2, 0.25) is 0 Å². The van der Waals surface area contributed by atoms with Gasteiger partial charge in [0.15, 0.2) is 0 Å². The maximum absolute atomic E-state index is 14.9. The number of methoxy groups -OCH3 is 1. The molecule has 0 aliphatic heterocycles. The summed E-state index contributed by atoms with van der Waals surface area (Å²) in [6.45, 7) is 6.51. The number of nitrogens with zero attached hydrogens (tertiary/aromatic N) is 4. The lowest BCUT2D eigenvalue weighted by atomic mass is 10.1. The summed E-state index contributed by atoms with van der Waals surface area (Å²) in [5.41, 5.74) is 1.80. The molecular weight excluding hydrogens is 471 g/mol. The van der Waals surface area contributed by atoms with Gasteiger partial charge in [0.25, 0.3) is 10.0 Å². The third-order valence-corrected chi connectivity index (χ3v) is 8.61. The molecule has 3 rings (SSSR count). The van der Waals surface area contributed by atoms with Gasteiger partial charge in [-0.2, -0.15) is 10.2 Å². The Bertz CT molecular complexity index is 1260. The molecule has 0 spiro atoms. The van der Waals surface area contributed by atoms with E-state index in [-0.39, 0.29) is 36.2 Å². The van der Waals surface area contributed by atoms with Crippen LogP contribution in [0, 0.1) is 12.7 Å². The molecule has 178 valence electrons. The van der Waals surface area contributed by atoms with Crippen LogP contribution in [0.3, 0.4) is 0 Å². The fourth-order valence-electron chi connectivity index (χ4n) is 3.12. The van der Waals surface area contributed by atoms with Gasteiger partial charge in [0.05, 0.1) is 41.4 Å². The minimum absolute atomic E-state index is 0.0310. The van der Waals surface area contributed by atoms with E-state index in [1.165, 1.54) is 32.4 Å². The third kappa shape index (κ3) is 4.88. The molecule has 2 heterocycles. The first kappa shape index (κ1) is 25.1. The van der Waals surface area contributed by atoms with Crippen molar-refractivity contribution >= 4 is 38.0 Å². The Morgan fingerprint density at radius 3 is 2.64 bits per heavy atom. The van der Waals surface area contributed by atoms with Crippen LogP contribution in [0.4, 0.5) is 4.39 Å². The Morgan fingerprint density at radius 2 is 2.03 bits per heavy atom. The van der Waals surface area contributed by atoms with Crippen molar-refractivity contribution in [1.82, 2.24) is 19.5 Å². The molecule has 0 aliphatic rings. The summed E-state index contributed by atoms with van der Waals surface area (Å²) in [6, 6.07) is 4.51. The number of hydrogen-bond donors (Lipinski definition) is 0. The van der Waals surface area contributed by atoms with E-state index < -0.39 is 20.8 Å². The second kappa shape index (κ2) is 9.75. The number of aromatic nitrogens is 3. The number of carbonyl (C=O) groups excluding carboxylic acids is 1. The largest absolute Gasteiger partial charge is 0.377 e. The molecule has 9 nitrogen and oxygen atoms in total. The first-order chi connectivity index (χ1) is 15.5. The smallest absolute Gasteiger partial charge is 0.273 e. The van der Waals surface area contributed by atoms with Crippen molar-refractivity contribution in [2.24, 2.45) is 0 Å². The summed E-state index contributed by atoms with van der Waals surface area (Å²) in [5, 5.41) is 7.80. The van der Waals surface area contributed by atoms with E-state index >= 15 is 0 Å². The number of thiazole rings is 1. The first-order valence-electron chi connectivity index (χ1n) is 10.1. The zero-order chi connectivity index (χ0) is 24.4. The van der Waals surface area contributed by atoms with Crippen LogP contribution in [-0.4, -0.2) is 60.7 Å². The van der Waals surface area contributed by atoms with Crippen LogP contribution >= 0.6 is 11.3 Å². The highest BCUT2D eigenvalue weighted by atomic mass is 32.2. The van der Waals surface area contributed by atoms with Crippen LogP contribution < -0.4 is 0 Å². The molecule has 12 heteroatoms. The van der Waals surface area contributed by atoms with E-state index in [0.29, 0.717) is 25.8 Å². The van der Waals surface area contributed by atoms with Crippen molar-refractivity contribution in [3.05, 3.63) is 40.9 Å². The van der Waals surface area contributed by atoms with Crippen molar-refractivity contribution in [2.75, 3.05) is 20.3 Å². The topological polar surface area (TPSA) is 112 Å². The lowest BCUT2D eigenvalue weighted by Gasteiger charge is -2.30. The Balaban J connectivity index is 2.04. The maximum Gasteiger partial charge on any atom is 0.273 e. The summed E-state index contributed by atoms with van der Waals surface area (Å²) in [7, 11) is -3.12. The van der Waals surface area contributed by atoms with E-state index in [4.69, 9.17) is 9.47 Å².